The minimum absolute atomic E-state index is 0. The van der Waals surface area contributed by atoms with E-state index in [4.69, 9.17) is 23.2 Å². The lowest BCUT2D eigenvalue weighted by Crippen LogP contribution is -2.14. The number of hydrogen-bond donors (Lipinski definition) is 1. The number of allylic oxidation sites excluding steroid dienone is 1. The summed E-state index contributed by atoms with van der Waals surface area (Å²) in [6.45, 7) is 1.21. The predicted octanol–water partition coefficient (Wildman–Crippen LogP) is 5.14. The molecule has 4 nitrogen and oxygen atoms in total. The molecule has 0 heterocycles. The highest BCUT2D eigenvalue weighted by Gasteiger charge is 2.12. The summed E-state index contributed by atoms with van der Waals surface area (Å²) in [6, 6.07) is 8.60. The van der Waals surface area contributed by atoms with E-state index >= 15 is 0 Å². The number of benzene rings is 2. The van der Waals surface area contributed by atoms with E-state index in [2.05, 4.69) is 0 Å². The van der Waals surface area contributed by atoms with E-state index in [0.717, 1.165) is 16.7 Å². The molecule has 0 radical (unpaired) electrons. The first-order valence-corrected chi connectivity index (χ1v) is 9.24. The average Bonchev–Trinajstić information content (AvgIpc) is 2.58. The van der Waals surface area contributed by atoms with Crippen molar-refractivity contribution in [3.05, 3.63) is 68.7 Å². The first kappa shape index (κ1) is 24.5. The molecule has 0 aliphatic rings. The van der Waals surface area contributed by atoms with Crippen LogP contribution in [0.15, 0.2) is 36.4 Å². The SMILES string of the molecule is CN(C)Cc1cc(/C=C/C(=O)c2ccc(Cl)c(Cl)c2)cc(CN(C)C)c1O.Cl. The smallest absolute Gasteiger partial charge is 0.185 e. The van der Waals surface area contributed by atoms with Crippen molar-refractivity contribution >= 4 is 47.5 Å². The van der Waals surface area contributed by atoms with Gasteiger partial charge in [0, 0.05) is 29.8 Å². The van der Waals surface area contributed by atoms with Crippen LogP contribution < -0.4 is 0 Å². The molecule has 152 valence electrons. The van der Waals surface area contributed by atoms with Crippen molar-refractivity contribution in [2.24, 2.45) is 0 Å². The molecule has 0 atom stereocenters. The van der Waals surface area contributed by atoms with Crippen LogP contribution in [0.1, 0.15) is 27.0 Å². The van der Waals surface area contributed by atoms with E-state index in [-0.39, 0.29) is 18.2 Å². The van der Waals surface area contributed by atoms with Crippen LogP contribution in [-0.4, -0.2) is 48.9 Å². The van der Waals surface area contributed by atoms with Gasteiger partial charge in [-0.1, -0.05) is 29.3 Å². The largest absolute Gasteiger partial charge is 0.507 e. The second-order valence-corrected chi connectivity index (χ2v) is 7.80. The number of carbonyl (C=O) groups is 1. The first-order valence-electron chi connectivity index (χ1n) is 8.49. The van der Waals surface area contributed by atoms with Crippen LogP contribution in [-0.2, 0) is 13.1 Å². The van der Waals surface area contributed by atoms with Gasteiger partial charge >= 0.3 is 0 Å². The molecule has 0 aliphatic carbocycles. The van der Waals surface area contributed by atoms with Gasteiger partial charge in [0.1, 0.15) is 5.75 Å². The normalized spacial score (nSPS) is 11.3. The van der Waals surface area contributed by atoms with Gasteiger partial charge in [-0.05, 0) is 70.2 Å². The van der Waals surface area contributed by atoms with E-state index in [1.54, 1.807) is 24.3 Å². The summed E-state index contributed by atoms with van der Waals surface area (Å²) in [7, 11) is 7.78. The maximum Gasteiger partial charge on any atom is 0.185 e. The van der Waals surface area contributed by atoms with Gasteiger partial charge < -0.3 is 14.9 Å². The molecule has 0 amide bonds. The number of halogens is 3. The van der Waals surface area contributed by atoms with E-state index in [1.165, 1.54) is 6.08 Å². The van der Waals surface area contributed by atoms with Crippen molar-refractivity contribution in [1.82, 2.24) is 9.80 Å². The molecular formula is C21H25Cl3N2O2. The van der Waals surface area contributed by atoms with Gasteiger partial charge in [-0.25, -0.2) is 0 Å². The summed E-state index contributed by atoms with van der Waals surface area (Å²) in [4.78, 5) is 16.4. The lowest BCUT2D eigenvalue weighted by atomic mass is 10.0. The number of hydrogen-bond acceptors (Lipinski definition) is 4. The summed E-state index contributed by atoms with van der Waals surface area (Å²) in [5, 5.41) is 11.3. The van der Waals surface area contributed by atoms with Crippen LogP contribution in [0.4, 0.5) is 0 Å². The Balaban J connectivity index is 0.00000392. The average molecular weight is 444 g/mol. The Hall–Kier alpha value is -1.56. The van der Waals surface area contributed by atoms with Gasteiger partial charge in [-0.3, -0.25) is 4.79 Å². The molecular weight excluding hydrogens is 419 g/mol. The molecule has 0 spiro atoms. The predicted molar refractivity (Wildman–Crippen MR) is 120 cm³/mol. The fourth-order valence-corrected chi connectivity index (χ4v) is 3.02. The fraction of sp³-hybridized carbons (Fsp3) is 0.286. The van der Waals surface area contributed by atoms with Gasteiger partial charge in [-0.2, -0.15) is 0 Å². The van der Waals surface area contributed by atoms with Gasteiger partial charge in [0.2, 0.25) is 0 Å². The summed E-state index contributed by atoms with van der Waals surface area (Å²) < 4.78 is 0. The molecule has 0 saturated heterocycles. The molecule has 28 heavy (non-hydrogen) atoms. The molecule has 2 aromatic carbocycles. The van der Waals surface area contributed by atoms with Crippen molar-refractivity contribution in [3.8, 4) is 5.75 Å². The highest BCUT2D eigenvalue weighted by atomic mass is 35.5. The van der Waals surface area contributed by atoms with Crippen LogP contribution >= 0.6 is 35.6 Å². The number of ketones is 1. The van der Waals surface area contributed by atoms with E-state index in [1.807, 2.05) is 50.1 Å². The molecule has 0 aliphatic heterocycles. The quantitative estimate of drug-likeness (QED) is 0.475. The third kappa shape index (κ3) is 6.80. The summed E-state index contributed by atoms with van der Waals surface area (Å²) in [5.41, 5.74) is 2.97. The molecule has 0 saturated carbocycles. The summed E-state index contributed by atoms with van der Waals surface area (Å²) in [5.74, 6) is 0.135. The monoisotopic (exact) mass is 442 g/mol. The van der Waals surface area contributed by atoms with E-state index in [9.17, 15) is 9.90 Å². The minimum atomic E-state index is -0.162. The Morgan fingerprint density at radius 3 is 1.96 bits per heavy atom. The molecule has 2 aromatic rings. The van der Waals surface area contributed by atoms with Crippen molar-refractivity contribution in [1.29, 1.82) is 0 Å². The lowest BCUT2D eigenvalue weighted by Gasteiger charge is -2.17. The Morgan fingerprint density at radius 1 is 0.964 bits per heavy atom. The van der Waals surface area contributed by atoms with Crippen molar-refractivity contribution in [2.75, 3.05) is 28.2 Å². The van der Waals surface area contributed by atoms with Gasteiger partial charge in [0.05, 0.1) is 10.0 Å². The lowest BCUT2D eigenvalue weighted by molar-refractivity contribution is 0.104. The highest BCUT2D eigenvalue weighted by Crippen LogP contribution is 2.28. The van der Waals surface area contributed by atoms with Crippen LogP contribution in [0, 0.1) is 0 Å². The second kappa shape index (κ2) is 10.8. The maximum absolute atomic E-state index is 12.4. The number of nitrogens with zero attached hydrogens (tertiary/aromatic N) is 2. The second-order valence-electron chi connectivity index (χ2n) is 6.99. The Morgan fingerprint density at radius 2 is 1.50 bits per heavy atom. The third-order valence-electron chi connectivity index (χ3n) is 3.89. The zero-order chi connectivity index (χ0) is 20.1. The van der Waals surface area contributed by atoms with Crippen LogP contribution in [0.2, 0.25) is 10.0 Å². The maximum atomic E-state index is 12.4. The van der Waals surface area contributed by atoms with Crippen LogP contribution in [0.25, 0.3) is 6.08 Å². The zero-order valence-corrected chi connectivity index (χ0v) is 18.7. The number of rotatable bonds is 7. The number of phenolic OH excluding ortho intramolecular Hbond substituents is 1. The molecule has 7 heteroatoms. The van der Waals surface area contributed by atoms with Crippen molar-refractivity contribution in [2.45, 2.75) is 13.1 Å². The minimum Gasteiger partial charge on any atom is -0.507 e. The van der Waals surface area contributed by atoms with Crippen LogP contribution in [0.5, 0.6) is 5.75 Å². The van der Waals surface area contributed by atoms with E-state index in [0.29, 0.717) is 34.4 Å². The van der Waals surface area contributed by atoms with Gasteiger partial charge in [0.15, 0.2) is 5.78 Å². The third-order valence-corrected chi connectivity index (χ3v) is 4.63. The summed E-state index contributed by atoms with van der Waals surface area (Å²) >= 11 is 11.9. The Labute approximate surface area is 182 Å². The summed E-state index contributed by atoms with van der Waals surface area (Å²) in [6.07, 6.45) is 3.26. The zero-order valence-electron chi connectivity index (χ0n) is 16.4. The molecule has 2 rings (SSSR count). The highest BCUT2D eigenvalue weighted by molar-refractivity contribution is 6.42. The van der Waals surface area contributed by atoms with Crippen molar-refractivity contribution < 1.29 is 9.90 Å². The Kier molecular flexibility index (Phi) is 9.48. The van der Waals surface area contributed by atoms with Gasteiger partial charge in [0.25, 0.3) is 0 Å². The topological polar surface area (TPSA) is 43.8 Å². The number of phenols is 1. The molecule has 0 aromatic heterocycles. The van der Waals surface area contributed by atoms with Gasteiger partial charge in [-0.15, -0.1) is 12.4 Å². The fourth-order valence-electron chi connectivity index (χ4n) is 2.72. The van der Waals surface area contributed by atoms with Crippen molar-refractivity contribution in [3.63, 3.8) is 0 Å². The molecule has 1 N–H and O–H groups in total. The first-order chi connectivity index (χ1) is 12.7. The molecule has 0 unspecified atom stereocenters. The van der Waals surface area contributed by atoms with Crippen LogP contribution in [0.3, 0.4) is 0 Å². The molecule has 0 fully saturated rings. The Bertz CT molecular complexity index is 834. The molecule has 0 bridgehead atoms. The standard InChI is InChI=1S/C21H24Cl2N2O2.ClH/c1-24(2)12-16-9-14(10-17(21(16)27)13-25(3)4)5-8-20(26)15-6-7-18(22)19(23)11-15;/h5-11,27H,12-13H2,1-4H3;1H/b8-5+;. The van der Waals surface area contributed by atoms with E-state index < -0.39 is 0 Å². The number of aromatic hydroxyl groups is 1. The number of carbonyl (C=O) groups excluding carboxylic acids is 1.